The summed E-state index contributed by atoms with van der Waals surface area (Å²) < 4.78 is 4.74. The van der Waals surface area contributed by atoms with E-state index < -0.39 is 6.04 Å². The Hall–Kier alpha value is -1.63. The number of esters is 1. The smallest absolute Gasteiger partial charge is 0.330 e. The van der Waals surface area contributed by atoms with Crippen LogP contribution in [0.5, 0.6) is 0 Å². The molecule has 1 rings (SSSR count). The Labute approximate surface area is 109 Å². The molecule has 0 spiro atoms. The highest BCUT2D eigenvalue weighted by Crippen LogP contribution is 2.19. The summed E-state index contributed by atoms with van der Waals surface area (Å²) in [7, 11) is 1.34. The molecule has 8 heteroatoms. The third-order valence-electron chi connectivity index (χ3n) is 2.17. The number of methoxy groups -OCH3 is 1. The molecular formula is C10H15N5O2S. The number of carbonyl (C=O) groups excluding carboxylic acids is 1. The Morgan fingerprint density at radius 1 is 1.78 bits per heavy atom. The second-order valence-corrected chi connectivity index (χ2v) is 4.44. The van der Waals surface area contributed by atoms with E-state index in [0.717, 1.165) is 5.69 Å². The lowest BCUT2D eigenvalue weighted by Gasteiger charge is -2.13. The molecule has 1 atom stereocenters. The maximum Gasteiger partial charge on any atom is 0.330 e. The van der Waals surface area contributed by atoms with Crippen molar-refractivity contribution in [3.63, 3.8) is 0 Å². The van der Waals surface area contributed by atoms with Gasteiger partial charge in [-0.2, -0.15) is 0 Å². The number of nitrogens with zero attached hydrogens (tertiary/aromatic N) is 4. The Bertz CT molecular complexity index is 441. The van der Waals surface area contributed by atoms with Crippen LogP contribution in [0.15, 0.2) is 10.5 Å². The van der Waals surface area contributed by atoms with Crippen LogP contribution in [0.4, 0.5) is 0 Å². The Morgan fingerprint density at radius 3 is 3.11 bits per heavy atom. The minimum atomic E-state index is -0.556. The second-order valence-electron chi connectivity index (χ2n) is 3.55. The van der Waals surface area contributed by atoms with Gasteiger partial charge in [-0.25, -0.2) is 9.78 Å². The summed E-state index contributed by atoms with van der Waals surface area (Å²) in [6, 6.07) is -0.556. The first-order chi connectivity index (χ1) is 8.69. The van der Waals surface area contributed by atoms with E-state index in [2.05, 4.69) is 20.3 Å². The van der Waals surface area contributed by atoms with Crippen molar-refractivity contribution in [3.8, 4) is 0 Å². The minimum absolute atomic E-state index is 0.367. The van der Waals surface area contributed by atoms with Crippen molar-refractivity contribution in [3.05, 3.63) is 26.5 Å². The van der Waals surface area contributed by atoms with E-state index in [-0.39, 0.29) is 5.97 Å². The highest BCUT2D eigenvalue weighted by atomic mass is 32.1. The van der Waals surface area contributed by atoms with Gasteiger partial charge in [0.1, 0.15) is 5.01 Å². The number of ether oxygens (including phenoxy) is 1. The molecule has 1 aromatic heterocycles. The van der Waals surface area contributed by atoms with E-state index in [0.29, 0.717) is 24.5 Å². The van der Waals surface area contributed by atoms with Crippen molar-refractivity contribution in [2.75, 3.05) is 20.2 Å². The minimum Gasteiger partial charge on any atom is -0.468 e. The molecule has 0 saturated carbocycles. The fourth-order valence-electron chi connectivity index (χ4n) is 1.33. The van der Waals surface area contributed by atoms with Gasteiger partial charge in [0.15, 0.2) is 6.04 Å². The second kappa shape index (κ2) is 7.65. The molecule has 0 aliphatic carbocycles. The summed E-state index contributed by atoms with van der Waals surface area (Å²) >= 11 is 1.41. The first-order valence-corrected chi connectivity index (χ1v) is 6.31. The van der Waals surface area contributed by atoms with Gasteiger partial charge in [0, 0.05) is 22.5 Å². The fourth-order valence-corrected chi connectivity index (χ4v) is 2.19. The number of hydrogen-bond acceptors (Lipinski definition) is 6. The molecule has 0 amide bonds. The van der Waals surface area contributed by atoms with Crippen LogP contribution >= 0.6 is 11.3 Å². The van der Waals surface area contributed by atoms with Gasteiger partial charge in [-0.15, -0.1) is 11.3 Å². The maximum atomic E-state index is 11.6. The highest BCUT2D eigenvalue weighted by Gasteiger charge is 2.23. The molecule has 1 heterocycles. The summed E-state index contributed by atoms with van der Waals surface area (Å²) in [6.07, 6.45) is 0.655. The van der Waals surface area contributed by atoms with E-state index in [1.54, 1.807) is 0 Å². The molecule has 0 aliphatic heterocycles. The van der Waals surface area contributed by atoms with E-state index in [1.807, 2.05) is 12.3 Å². The molecule has 0 aliphatic rings. The first kappa shape index (κ1) is 14.4. The lowest BCUT2D eigenvalue weighted by Crippen LogP contribution is -2.30. The summed E-state index contributed by atoms with van der Waals surface area (Å²) in [5.41, 5.74) is 9.01. The Morgan fingerprint density at radius 2 is 2.56 bits per heavy atom. The summed E-state index contributed by atoms with van der Waals surface area (Å²) in [6.45, 7) is 2.82. The zero-order chi connectivity index (χ0) is 13.4. The van der Waals surface area contributed by atoms with Crippen molar-refractivity contribution in [2.45, 2.75) is 19.4 Å². The van der Waals surface area contributed by atoms with E-state index in [9.17, 15) is 4.79 Å². The number of rotatable bonds is 7. The third kappa shape index (κ3) is 4.33. The normalized spacial score (nSPS) is 11.7. The highest BCUT2D eigenvalue weighted by molar-refractivity contribution is 7.09. The lowest BCUT2D eigenvalue weighted by molar-refractivity contribution is -0.143. The van der Waals surface area contributed by atoms with Crippen molar-refractivity contribution < 1.29 is 9.53 Å². The molecule has 1 unspecified atom stereocenters. The van der Waals surface area contributed by atoms with Gasteiger partial charge < -0.3 is 4.74 Å². The molecular weight excluding hydrogens is 254 g/mol. The average molecular weight is 269 g/mol. The van der Waals surface area contributed by atoms with E-state index in [4.69, 9.17) is 10.3 Å². The van der Waals surface area contributed by atoms with Gasteiger partial charge in [0.2, 0.25) is 0 Å². The van der Waals surface area contributed by atoms with E-state index >= 15 is 0 Å². The predicted octanol–water partition coefficient (Wildman–Crippen LogP) is 1.96. The largest absolute Gasteiger partial charge is 0.468 e. The van der Waals surface area contributed by atoms with Crippen LogP contribution in [0, 0.1) is 6.92 Å². The van der Waals surface area contributed by atoms with Crippen LogP contribution in [0.2, 0.25) is 0 Å². The molecule has 0 fully saturated rings. The van der Waals surface area contributed by atoms with Crippen molar-refractivity contribution >= 4 is 17.3 Å². The number of aryl methyl sites for hydroxylation is 1. The van der Waals surface area contributed by atoms with Crippen molar-refractivity contribution in [2.24, 2.45) is 5.11 Å². The molecule has 0 aromatic carbocycles. The molecule has 1 N–H and O–H groups in total. The zero-order valence-electron chi connectivity index (χ0n) is 10.3. The Kier molecular flexibility index (Phi) is 6.13. The SMILES string of the molecule is COC(=O)C(NCCCN=[N+]=[N-])c1nc(C)cs1. The topological polar surface area (TPSA) is 100.0 Å². The lowest BCUT2D eigenvalue weighted by atomic mass is 10.3. The number of aromatic nitrogens is 1. The Balaban J connectivity index is 2.57. The fraction of sp³-hybridized carbons (Fsp3) is 0.600. The molecule has 98 valence electrons. The summed E-state index contributed by atoms with van der Waals surface area (Å²) in [4.78, 5) is 18.6. The van der Waals surface area contributed by atoms with Crippen molar-refractivity contribution in [1.82, 2.24) is 10.3 Å². The predicted molar refractivity (Wildman–Crippen MR) is 68.2 cm³/mol. The van der Waals surface area contributed by atoms with Crippen LogP contribution < -0.4 is 5.32 Å². The van der Waals surface area contributed by atoms with Crippen LogP contribution in [-0.4, -0.2) is 31.2 Å². The van der Waals surface area contributed by atoms with Gasteiger partial charge in [-0.3, -0.25) is 5.32 Å². The van der Waals surface area contributed by atoms with Gasteiger partial charge in [-0.05, 0) is 25.4 Å². The quantitative estimate of drug-likeness (QED) is 0.269. The maximum absolute atomic E-state index is 11.6. The summed E-state index contributed by atoms with van der Waals surface area (Å²) in [5, 5.41) is 9.04. The average Bonchev–Trinajstić information content (AvgIpc) is 2.79. The summed E-state index contributed by atoms with van der Waals surface area (Å²) in [5.74, 6) is -0.367. The first-order valence-electron chi connectivity index (χ1n) is 5.43. The van der Waals surface area contributed by atoms with E-state index in [1.165, 1.54) is 18.4 Å². The monoisotopic (exact) mass is 269 g/mol. The number of hydrogen-bond donors (Lipinski definition) is 1. The van der Waals surface area contributed by atoms with Crippen LogP contribution in [-0.2, 0) is 9.53 Å². The molecule has 18 heavy (non-hydrogen) atoms. The number of nitrogens with one attached hydrogen (secondary N) is 1. The third-order valence-corrected chi connectivity index (χ3v) is 3.19. The van der Waals surface area contributed by atoms with Crippen molar-refractivity contribution in [1.29, 1.82) is 0 Å². The zero-order valence-corrected chi connectivity index (χ0v) is 11.1. The van der Waals surface area contributed by atoms with Crippen LogP contribution in [0.25, 0.3) is 10.4 Å². The molecule has 0 radical (unpaired) electrons. The molecule has 0 saturated heterocycles. The molecule has 0 bridgehead atoms. The van der Waals surface area contributed by atoms with Crippen LogP contribution in [0.1, 0.15) is 23.2 Å². The number of azide groups is 1. The van der Waals surface area contributed by atoms with Gasteiger partial charge in [0.05, 0.1) is 7.11 Å². The van der Waals surface area contributed by atoms with Gasteiger partial charge in [-0.1, -0.05) is 5.11 Å². The molecule has 1 aromatic rings. The van der Waals surface area contributed by atoms with Crippen LogP contribution in [0.3, 0.4) is 0 Å². The van der Waals surface area contributed by atoms with Gasteiger partial charge >= 0.3 is 5.97 Å². The molecule has 7 nitrogen and oxygen atoms in total. The van der Waals surface area contributed by atoms with Gasteiger partial charge in [0.25, 0.3) is 0 Å². The number of carbonyl (C=O) groups is 1. The standard InChI is InChI=1S/C10H15N5O2S/c1-7-6-18-9(14-7)8(10(16)17-2)12-4-3-5-13-15-11/h6,8,12H,3-5H2,1-2H3. The number of thiazole rings is 1.